The summed E-state index contributed by atoms with van der Waals surface area (Å²) in [5, 5.41) is 17.6. The number of benzene rings is 2. The molecule has 0 saturated carbocycles. The predicted molar refractivity (Wildman–Crippen MR) is 150 cm³/mol. The zero-order chi connectivity index (χ0) is 29.5. The van der Waals surface area contributed by atoms with Gasteiger partial charge in [-0.2, -0.15) is 4.42 Å². The zero-order valence-corrected chi connectivity index (χ0v) is 23.3. The number of rotatable bonds is 10. The number of nitrogens with zero attached hydrogens (tertiary/aromatic N) is 4. The highest BCUT2D eigenvalue weighted by Crippen LogP contribution is 2.24. The zero-order valence-electron chi connectivity index (χ0n) is 22.6. The molecular formula is C28H32ClN5O7. The van der Waals surface area contributed by atoms with Gasteiger partial charge in [0.1, 0.15) is 12.1 Å². The van der Waals surface area contributed by atoms with E-state index in [1.165, 1.54) is 4.90 Å². The van der Waals surface area contributed by atoms with Crippen molar-refractivity contribution in [3.05, 3.63) is 65.7 Å². The lowest BCUT2D eigenvalue weighted by molar-refractivity contribution is -0.155. The minimum atomic E-state index is -1.06. The number of amides is 2. The van der Waals surface area contributed by atoms with Crippen molar-refractivity contribution in [2.75, 3.05) is 50.8 Å². The second-order valence-corrected chi connectivity index (χ2v) is 10.0. The number of halogens is 1. The van der Waals surface area contributed by atoms with Crippen LogP contribution in [0.4, 0.5) is 10.5 Å². The number of carbonyl (C=O) groups excluding carboxylic acids is 3. The van der Waals surface area contributed by atoms with E-state index in [-0.39, 0.29) is 25.0 Å². The van der Waals surface area contributed by atoms with Gasteiger partial charge in [-0.1, -0.05) is 18.2 Å². The number of hydrogen-bond donors (Lipinski definition) is 2. The molecule has 2 aliphatic rings. The number of hydrogen-bond acceptors (Lipinski definition) is 9. The number of ether oxygens (including phenoxy) is 2. The smallest absolute Gasteiger partial charge is 0.414 e. The largest absolute Gasteiger partial charge is 0.481 e. The third-order valence-electron chi connectivity index (χ3n) is 6.96. The van der Waals surface area contributed by atoms with Crippen molar-refractivity contribution in [2.45, 2.75) is 25.5 Å². The maximum atomic E-state index is 12.6. The van der Waals surface area contributed by atoms with E-state index in [0.717, 1.165) is 4.42 Å². The van der Waals surface area contributed by atoms with Crippen molar-refractivity contribution < 1.29 is 33.8 Å². The molecule has 0 aromatic heterocycles. The van der Waals surface area contributed by atoms with Gasteiger partial charge in [0.25, 0.3) is 5.91 Å². The first kappa shape index (κ1) is 30.0. The molecule has 4 rings (SSSR count). The third kappa shape index (κ3) is 7.40. The van der Waals surface area contributed by atoms with Gasteiger partial charge in [0.15, 0.2) is 5.84 Å². The molecule has 2 unspecified atom stereocenters. The molecule has 13 heteroatoms. The summed E-state index contributed by atoms with van der Waals surface area (Å²) >= 11 is 6.15. The minimum absolute atomic E-state index is 0.183. The molecular weight excluding hydrogens is 554 g/mol. The van der Waals surface area contributed by atoms with Crippen molar-refractivity contribution in [3.8, 4) is 0 Å². The van der Waals surface area contributed by atoms with E-state index < -0.39 is 30.0 Å². The predicted octanol–water partition coefficient (Wildman–Crippen LogP) is 2.66. The molecule has 2 aromatic carbocycles. The summed E-state index contributed by atoms with van der Waals surface area (Å²) in [6, 6.07) is 14.2. The summed E-state index contributed by atoms with van der Waals surface area (Å²) in [4.78, 5) is 54.2. The molecule has 2 fully saturated rings. The average molecular weight is 586 g/mol. The first-order chi connectivity index (χ1) is 19.7. The van der Waals surface area contributed by atoms with Crippen molar-refractivity contribution in [3.63, 3.8) is 0 Å². The number of cyclic esters (lactones) is 1. The Hall–Kier alpha value is -4.00. The lowest BCUT2D eigenvalue weighted by Gasteiger charge is -2.38. The normalized spacial score (nSPS) is 18.4. The number of piperazine rings is 1. The number of aliphatic carboxylic acids is 1. The van der Waals surface area contributed by atoms with Crippen LogP contribution in [0.25, 0.3) is 0 Å². The molecule has 2 N–H and O–H groups in total. The van der Waals surface area contributed by atoms with Gasteiger partial charge in [0.2, 0.25) is 0 Å². The van der Waals surface area contributed by atoms with Crippen molar-refractivity contribution in [1.29, 1.82) is 5.41 Å². The Labute approximate surface area is 242 Å². The van der Waals surface area contributed by atoms with Crippen LogP contribution in [0.3, 0.4) is 0 Å². The lowest BCUT2D eigenvalue weighted by Crippen LogP contribution is -2.54. The molecule has 2 amide bonds. The van der Waals surface area contributed by atoms with Gasteiger partial charge in [0.05, 0.1) is 19.6 Å². The highest BCUT2D eigenvalue weighted by Gasteiger charge is 2.36. The molecule has 2 aromatic rings. The highest BCUT2D eigenvalue weighted by atomic mass is 35.5. The maximum Gasteiger partial charge on any atom is 0.414 e. The fourth-order valence-corrected chi connectivity index (χ4v) is 5.04. The van der Waals surface area contributed by atoms with Crippen LogP contribution in [0.2, 0.25) is 0 Å². The van der Waals surface area contributed by atoms with Crippen LogP contribution in [0.15, 0.2) is 54.6 Å². The summed E-state index contributed by atoms with van der Waals surface area (Å²) in [6.45, 7) is 4.82. The maximum absolute atomic E-state index is 12.6. The number of esters is 1. The van der Waals surface area contributed by atoms with E-state index in [2.05, 4.69) is 4.90 Å². The number of carbonyl (C=O) groups is 4. The fourth-order valence-electron chi connectivity index (χ4n) is 4.85. The Balaban J connectivity index is 1.30. The van der Waals surface area contributed by atoms with E-state index in [1.54, 1.807) is 61.5 Å². The molecule has 41 heavy (non-hydrogen) atoms. The molecule has 0 aliphatic carbocycles. The molecule has 0 bridgehead atoms. The van der Waals surface area contributed by atoms with Gasteiger partial charge < -0.3 is 14.6 Å². The van der Waals surface area contributed by atoms with E-state index in [1.807, 2.05) is 4.90 Å². The van der Waals surface area contributed by atoms with E-state index >= 15 is 0 Å². The van der Waals surface area contributed by atoms with Crippen LogP contribution >= 0.6 is 11.8 Å². The summed E-state index contributed by atoms with van der Waals surface area (Å²) in [5.74, 6) is -2.31. The fraction of sp³-hybridized carbons (Fsp3) is 0.393. The van der Waals surface area contributed by atoms with Gasteiger partial charge in [-0.3, -0.25) is 34.5 Å². The van der Waals surface area contributed by atoms with E-state index in [9.17, 15) is 24.3 Å². The topological polar surface area (TPSA) is 144 Å². The molecule has 2 aliphatic heterocycles. The number of nitrogens with one attached hydrogen (secondary N) is 1. The van der Waals surface area contributed by atoms with Gasteiger partial charge in [0, 0.05) is 61.3 Å². The van der Waals surface area contributed by atoms with Crippen LogP contribution in [-0.4, -0.2) is 107 Å². The van der Waals surface area contributed by atoms with Crippen molar-refractivity contribution >= 4 is 47.2 Å². The second-order valence-electron chi connectivity index (χ2n) is 9.67. The Morgan fingerprint density at radius 2 is 1.73 bits per heavy atom. The van der Waals surface area contributed by atoms with Crippen LogP contribution < -0.4 is 4.90 Å². The summed E-state index contributed by atoms with van der Waals surface area (Å²) in [7, 11) is 0. The quantitative estimate of drug-likeness (QED) is 0.186. The Bertz CT molecular complexity index is 1270. The van der Waals surface area contributed by atoms with Gasteiger partial charge >= 0.3 is 18.0 Å². The van der Waals surface area contributed by atoms with E-state index in [0.29, 0.717) is 56.1 Å². The molecule has 12 nitrogen and oxygen atoms in total. The molecule has 0 radical (unpaired) electrons. The van der Waals surface area contributed by atoms with Crippen LogP contribution in [0, 0.1) is 5.41 Å². The van der Waals surface area contributed by atoms with Crippen molar-refractivity contribution in [1.82, 2.24) is 14.2 Å². The molecule has 2 heterocycles. The Morgan fingerprint density at radius 3 is 2.34 bits per heavy atom. The van der Waals surface area contributed by atoms with Crippen LogP contribution in [0.5, 0.6) is 0 Å². The molecule has 2 atom stereocenters. The first-order valence-electron chi connectivity index (χ1n) is 13.2. The van der Waals surface area contributed by atoms with Gasteiger partial charge in [-0.25, -0.2) is 4.79 Å². The lowest BCUT2D eigenvalue weighted by atomic mass is 10.1. The summed E-state index contributed by atoms with van der Waals surface area (Å²) < 4.78 is 11.4. The Kier molecular flexibility index (Phi) is 9.92. The van der Waals surface area contributed by atoms with Crippen LogP contribution in [-0.2, 0) is 19.1 Å². The standard InChI is InChI=1S/C28H32ClN5O7/c1-2-40-27(38)23(16-24(35)36)32-14-12-31(13-15-32)17-22-18-33(28(39)41-22)21-10-8-19(9-11-21)25(30)34(29)26(37)20-6-4-3-5-7-20/h3-11,22-23,30H,2,12-18H2,1H3,(H,35,36). The number of amidine groups is 1. The summed E-state index contributed by atoms with van der Waals surface area (Å²) in [6.07, 6.45) is -1.19. The summed E-state index contributed by atoms with van der Waals surface area (Å²) in [5.41, 5.74) is 1.34. The van der Waals surface area contributed by atoms with Gasteiger partial charge in [-0.15, -0.1) is 0 Å². The van der Waals surface area contributed by atoms with E-state index in [4.69, 9.17) is 26.7 Å². The Morgan fingerprint density at radius 1 is 1.07 bits per heavy atom. The first-order valence-corrected chi connectivity index (χ1v) is 13.6. The average Bonchev–Trinajstić information content (AvgIpc) is 3.35. The number of carboxylic acids is 1. The number of anilines is 1. The second kappa shape index (κ2) is 13.6. The van der Waals surface area contributed by atoms with Gasteiger partial charge in [-0.05, 0) is 43.3 Å². The highest BCUT2D eigenvalue weighted by molar-refractivity contribution is 6.35. The number of carboxylic acid groups (broad SMARTS) is 1. The molecule has 218 valence electrons. The minimum Gasteiger partial charge on any atom is -0.481 e. The van der Waals surface area contributed by atoms with Crippen molar-refractivity contribution in [2.24, 2.45) is 0 Å². The SMILES string of the molecule is CCOC(=O)C(CC(=O)O)N1CCN(CC2CN(c3ccc(C(=N)N(Cl)C(=O)c4ccccc4)cc3)C(=O)O2)CC1. The monoisotopic (exact) mass is 585 g/mol. The third-order valence-corrected chi connectivity index (χ3v) is 7.28. The molecule has 0 spiro atoms. The van der Waals surface area contributed by atoms with Crippen LogP contribution in [0.1, 0.15) is 29.3 Å². The molecule has 2 saturated heterocycles.